The molecule has 1 fully saturated rings. The number of hydrogen-bond acceptors (Lipinski definition) is 2. The highest BCUT2D eigenvalue weighted by molar-refractivity contribution is 6.42. The lowest BCUT2D eigenvalue weighted by molar-refractivity contribution is 0.329. The molecular weight excluding hydrogens is 336 g/mol. The Morgan fingerprint density at radius 3 is 2.57 bits per heavy atom. The largest absolute Gasteiger partial charge is 0.457 e. The van der Waals surface area contributed by atoms with Gasteiger partial charge in [0.05, 0.1) is 10.0 Å². The van der Waals surface area contributed by atoms with E-state index in [4.69, 9.17) is 27.9 Å². The van der Waals surface area contributed by atoms with E-state index in [1.807, 2.05) is 0 Å². The summed E-state index contributed by atoms with van der Waals surface area (Å²) in [5.41, 5.74) is 0.896. The van der Waals surface area contributed by atoms with Crippen molar-refractivity contribution in [1.82, 2.24) is 4.90 Å². The summed E-state index contributed by atoms with van der Waals surface area (Å²) < 4.78 is 19.7. The van der Waals surface area contributed by atoms with Crippen molar-refractivity contribution in [3.8, 4) is 11.5 Å². The normalized spacial score (nSPS) is 21.6. The number of benzene rings is 2. The van der Waals surface area contributed by atoms with Crippen LogP contribution < -0.4 is 4.74 Å². The molecule has 2 nitrogen and oxygen atoms in total. The van der Waals surface area contributed by atoms with Crippen molar-refractivity contribution >= 4 is 23.2 Å². The number of likely N-dealkylation sites (N-methyl/N-ethyl adjacent to an activating group) is 1. The molecule has 1 heterocycles. The van der Waals surface area contributed by atoms with Gasteiger partial charge in [0.15, 0.2) is 0 Å². The van der Waals surface area contributed by atoms with Crippen molar-refractivity contribution in [2.75, 3.05) is 13.6 Å². The number of ether oxygens (including phenoxy) is 1. The van der Waals surface area contributed by atoms with Gasteiger partial charge in [0.1, 0.15) is 17.3 Å². The van der Waals surface area contributed by atoms with Crippen LogP contribution in [-0.2, 0) is 0 Å². The van der Waals surface area contributed by atoms with Gasteiger partial charge in [-0.15, -0.1) is 0 Å². The molecule has 1 saturated heterocycles. The quantitative estimate of drug-likeness (QED) is 0.698. The molecule has 2 unspecified atom stereocenters. The van der Waals surface area contributed by atoms with Crippen LogP contribution in [0.2, 0.25) is 10.0 Å². The van der Waals surface area contributed by atoms with E-state index in [1.165, 1.54) is 6.07 Å². The Kier molecular flexibility index (Phi) is 4.81. The average molecular weight is 354 g/mol. The molecule has 0 spiro atoms. The predicted octanol–water partition coefficient (Wildman–Crippen LogP) is 5.73. The summed E-state index contributed by atoms with van der Waals surface area (Å²) >= 11 is 12.0. The van der Waals surface area contributed by atoms with Crippen LogP contribution in [0.5, 0.6) is 11.5 Å². The lowest BCUT2D eigenvalue weighted by Gasteiger charge is -2.16. The fraction of sp³-hybridized carbons (Fsp3) is 0.333. The molecule has 2 aromatic carbocycles. The second-order valence-electron chi connectivity index (χ2n) is 6.08. The third-order valence-corrected chi connectivity index (χ3v) is 5.16. The summed E-state index contributed by atoms with van der Waals surface area (Å²) in [4.78, 5) is 2.28. The number of halogens is 3. The molecular formula is C18H18Cl2FNO. The Hall–Kier alpha value is -1.29. The van der Waals surface area contributed by atoms with Gasteiger partial charge in [0.25, 0.3) is 0 Å². The molecule has 0 aliphatic carbocycles. The van der Waals surface area contributed by atoms with Crippen LogP contribution in [-0.4, -0.2) is 24.5 Å². The molecule has 2 aromatic rings. The first-order valence-electron chi connectivity index (χ1n) is 7.56. The number of hydrogen-bond donors (Lipinski definition) is 0. The topological polar surface area (TPSA) is 12.5 Å². The first-order valence-corrected chi connectivity index (χ1v) is 8.32. The van der Waals surface area contributed by atoms with Crippen LogP contribution in [0, 0.1) is 5.82 Å². The minimum absolute atomic E-state index is 0.247. The van der Waals surface area contributed by atoms with E-state index in [1.54, 1.807) is 30.3 Å². The third-order valence-electron chi connectivity index (χ3n) is 4.42. The van der Waals surface area contributed by atoms with E-state index in [0.29, 0.717) is 27.6 Å². The molecule has 1 aliphatic rings. The average Bonchev–Trinajstić information content (AvgIpc) is 2.84. The summed E-state index contributed by atoms with van der Waals surface area (Å²) in [5.74, 6) is 1.26. The molecule has 3 rings (SSSR count). The molecule has 122 valence electrons. The maximum absolute atomic E-state index is 13.7. The summed E-state index contributed by atoms with van der Waals surface area (Å²) in [6, 6.07) is 10.2. The van der Waals surface area contributed by atoms with E-state index in [0.717, 1.165) is 18.5 Å². The number of nitrogens with zero attached hydrogens (tertiary/aromatic N) is 1. The summed E-state index contributed by atoms with van der Waals surface area (Å²) in [6.45, 7) is 3.07. The first-order chi connectivity index (χ1) is 10.9. The van der Waals surface area contributed by atoms with Crippen molar-refractivity contribution in [1.29, 1.82) is 0 Å². The zero-order chi connectivity index (χ0) is 16.6. The Labute approximate surface area is 145 Å². The summed E-state index contributed by atoms with van der Waals surface area (Å²) in [5, 5.41) is 0.909. The Balaban J connectivity index is 1.91. The highest BCUT2D eigenvalue weighted by Gasteiger charge is 2.29. The molecule has 0 aromatic heterocycles. The van der Waals surface area contributed by atoms with Gasteiger partial charge in [-0.05, 0) is 50.7 Å². The lowest BCUT2D eigenvalue weighted by atomic mass is 9.95. The van der Waals surface area contributed by atoms with Gasteiger partial charge in [-0.2, -0.15) is 0 Å². The van der Waals surface area contributed by atoms with Crippen molar-refractivity contribution in [2.45, 2.75) is 25.3 Å². The Morgan fingerprint density at radius 1 is 1.13 bits per heavy atom. The van der Waals surface area contributed by atoms with Crippen LogP contribution >= 0.6 is 23.2 Å². The molecule has 1 aliphatic heterocycles. The highest BCUT2D eigenvalue weighted by Crippen LogP contribution is 2.38. The van der Waals surface area contributed by atoms with Gasteiger partial charge in [-0.1, -0.05) is 23.2 Å². The maximum Gasteiger partial charge on any atom is 0.131 e. The molecule has 0 amide bonds. The van der Waals surface area contributed by atoms with Gasteiger partial charge in [-0.25, -0.2) is 4.39 Å². The van der Waals surface area contributed by atoms with Crippen LogP contribution in [0.1, 0.15) is 24.8 Å². The van der Waals surface area contributed by atoms with Gasteiger partial charge < -0.3 is 9.64 Å². The standard InChI is InChI=1S/C18H18Cl2FNO/c1-11-7-12(10-22(11)2)15-8-13(21)3-6-18(15)23-14-4-5-16(19)17(20)9-14/h3-6,8-9,11-12H,7,10H2,1-2H3. The molecule has 0 radical (unpaired) electrons. The van der Waals surface area contributed by atoms with Crippen LogP contribution in [0.4, 0.5) is 4.39 Å². The zero-order valence-corrected chi connectivity index (χ0v) is 14.5. The van der Waals surface area contributed by atoms with E-state index in [9.17, 15) is 4.39 Å². The van der Waals surface area contributed by atoms with Crippen LogP contribution in [0.15, 0.2) is 36.4 Å². The number of rotatable bonds is 3. The second-order valence-corrected chi connectivity index (χ2v) is 6.90. The molecule has 2 atom stereocenters. The van der Waals surface area contributed by atoms with Gasteiger partial charge >= 0.3 is 0 Å². The third kappa shape index (κ3) is 3.63. The Morgan fingerprint density at radius 2 is 1.91 bits per heavy atom. The van der Waals surface area contributed by atoms with Crippen LogP contribution in [0.3, 0.4) is 0 Å². The van der Waals surface area contributed by atoms with E-state index < -0.39 is 0 Å². The lowest BCUT2D eigenvalue weighted by Crippen LogP contribution is -2.21. The highest BCUT2D eigenvalue weighted by atomic mass is 35.5. The van der Waals surface area contributed by atoms with E-state index >= 15 is 0 Å². The molecule has 0 saturated carbocycles. The molecule has 0 bridgehead atoms. The van der Waals surface area contributed by atoms with Crippen LogP contribution in [0.25, 0.3) is 0 Å². The Bertz CT molecular complexity index is 712. The maximum atomic E-state index is 13.7. The molecule has 23 heavy (non-hydrogen) atoms. The fourth-order valence-corrected chi connectivity index (χ4v) is 3.31. The minimum Gasteiger partial charge on any atom is -0.457 e. The second kappa shape index (κ2) is 6.68. The van der Waals surface area contributed by atoms with Gasteiger partial charge in [0.2, 0.25) is 0 Å². The van der Waals surface area contributed by atoms with Crippen molar-refractivity contribution in [3.05, 3.63) is 57.8 Å². The summed E-state index contributed by atoms with van der Waals surface area (Å²) in [6.07, 6.45) is 0.984. The van der Waals surface area contributed by atoms with Crippen molar-refractivity contribution < 1.29 is 9.13 Å². The summed E-state index contributed by atoms with van der Waals surface area (Å²) in [7, 11) is 2.09. The fourth-order valence-electron chi connectivity index (χ4n) is 3.02. The smallest absolute Gasteiger partial charge is 0.131 e. The minimum atomic E-state index is -0.247. The van der Waals surface area contributed by atoms with E-state index in [-0.39, 0.29) is 11.7 Å². The van der Waals surface area contributed by atoms with Gasteiger partial charge in [0, 0.05) is 30.1 Å². The molecule has 0 N–H and O–H groups in total. The van der Waals surface area contributed by atoms with E-state index in [2.05, 4.69) is 18.9 Å². The SMILES string of the molecule is CC1CC(c2cc(F)ccc2Oc2ccc(Cl)c(Cl)c2)CN1C. The van der Waals surface area contributed by atoms with Crippen molar-refractivity contribution in [3.63, 3.8) is 0 Å². The van der Waals surface area contributed by atoms with Gasteiger partial charge in [-0.3, -0.25) is 0 Å². The molecule has 5 heteroatoms. The van der Waals surface area contributed by atoms with Crippen molar-refractivity contribution in [2.24, 2.45) is 0 Å². The number of likely N-dealkylation sites (tertiary alicyclic amines) is 1. The zero-order valence-electron chi connectivity index (χ0n) is 13.0. The monoisotopic (exact) mass is 353 g/mol. The first kappa shape index (κ1) is 16.6. The predicted molar refractivity (Wildman–Crippen MR) is 92.4 cm³/mol.